The molecule has 2 aromatic rings. The molecule has 8 heteroatoms. The first-order valence-corrected chi connectivity index (χ1v) is 14.6. The number of nitrogens with one attached hydrogen (secondary N) is 1. The van der Waals surface area contributed by atoms with E-state index in [1.807, 2.05) is 56.3 Å². The van der Waals surface area contributed by atoms with E-state index in [0.29, 0.717) is 37.5 Å². The molecule has 2 aromatic carbocycles. The van der Waals surface area contributed by atoms with Crippen LogP contribution in [0.3, 0.4) is 0 Å². The highest BCUT2D eigenvalue weighted by Crippen LogP contribution is 2.22. The summed E-state index contributed by atoms with van der Waals surface area (Å²) in [6.07, 6.45) is 3.90. The van der Waals surface area contributed by atoms with E-state index in [-0.39, 0.29) is 12.5 Å². The lowest BCUT2D eigenvalue weighted by Crippen LogP contribution is -2.53. The van der Waals surface area contributed by atoms with Crippen LogP contribution in [0.4, 0.5) is 5.69 Å². The first-order chi connectivity index (χ1) is 17.1. The summed E-state index contributed by atoms with van der Waals surface area (Å²) in [5, 5.41) is 2.94. The van der Waals surface area contributed by atoms with Crippen LogP contribution in [0.15, 0.2) is 54.6 Å². The number of sulfonamides is 1. The minimum atomic E-state index is -3.73. The molecule has 198 valence electrons. The molecule has 2 amide bonds. The van der Waals surface area contributed by atoms with Gasteiger partial charge in [0.1, 0.15) is 12.6 Å². The van der Waals surface area contributed by atoms with E-state index in [9.17, 15) is 18.0 Å². The fourth-order valence-corrected chi connectivity index (χ4v) is 4.89. The van der Waals surface area contributed by atoms with Gasteiger partial charge in [0.15, 0.2) is 0 Å². The van der Waals surface area contributed by atoms with Crippen molar-refractivity contribution in [1.29, 1.82) is 0 Å². The molecule has 0 heterocycles. The van der Waals surface area contributed by atoms with Gasteiger partial charge in [-0.25, -0.2) is 8.42 Å². The summed E-state index contributed by atoms with van der Waals surface area (Å²) in [5.74, 6) is -0.307. The summed E-state index contributed by atoms with van der Waals surface area (Å²) in [7, 11) is -3.73. The van der Waals surface area contributed by atoms with Gasteiger partial charge in [-0.2, -0.15) is 0 Å². The number of hydrogen-bond donors (Lipinski definition) is 1. The molecule has 0 bridgehead atoms. The van der Waals surface area contributed by atoms with E-state index in [2.05, 4.69) is 19.2 Å². The standard InChI is InChI=1S/C28H41N3O4S/c1-6-8-19-29-28(33)26(7-2)30(20-18-23-12-10-9-11-13-23)27(32)21-31(36(5,34)35)25-16-14-24(15-17-25)22(3)4/h9-17,22,26H,6-8,18-21H2,1-5H3,(H,29,33)/t26-/m0/s1. The highest BCUT2D eigenvalue weighted by molar-refractivity contribution is 7.92. The van der Waals surface area contributed by atoms with Gasteiger partial charge in [0.05, 0.1) is 11.9 Å². The molecule has 0 radical (unpaired) electrons. The van der Waals surface area contributed by atoms with Crippen molar-refractivity contribution in [3.63, 3.8) is 0 Å². The van der Waals surface area contributed by atoms with Crippen LogP contribution < -0.4 is 9.62 Å². The number of amides is 2. The van der Waals surface area contributed by atoms with Crippen molar-refractivity contribution in [2.75, 3.05) is 30.2 Å². The molecule has 1 atom stereocenters. The monoisotopic (exact) mass is 515 g/mol. The average Bonchev–Trinajstić information content (AvgIpc) is 2.85. The lowest BCUT2D eigenvalue weighted by atomic mass is 10.0. The smallest absolute Gasteiger partial charge is 0.244 e. The fourth-order valence-electron chi connectivity index (χ4n) is 4.04. The van der Waals surface area contributed by atoms with Crippen LogP contribution in [-0.4, -0.2) is 57.1 Å². The number of benzene rings is 2. The molecule has 0 unspecified atom stereocenters. The SMILES string of the molecule is CCCCNC(=O)[C@H](CC)N(CCc1ccccc1)C(=O)CN(c1ccc(C(C)C)cc1)S(C)(=O)=O. The molecule has 7 nitrogen and oxygen atoms in total. The molecule has 0 aliphatic heterocycles. The van der Waals surface area contributed by atoms with Crippen molar-refractivity contribution >= 4 is 27.5 Å². The molecule has 1 N–H and O–H groups in total. The molecule has 0 saturated heterocycles. The van der Waals surface area contributed by atoms with Crippen LogP contribution >= 0.6 is 0 Å². The minimum absolute atomic E-state index is 0.209. The molecular weight excluding hydrogens is 474 g/mol. The predicted octanol–water partition coefficient (Wildman–Crippen LogP) is 4.34. The van der Waals surface area contributed by atoms with E-state index in [1.54, 1.807) is 12.1 Å². The van der Waals surface area contributed by atoms with Gasteiger partial charge in [-0.1, -0.05) is 76.6 Å². The maximum atomic E-state index is 13.6. The van der Waals surface area contributed by atoms with E-state index in [1.165, 1.54) is 4.90 Å². The highest BCUT2D eigenvalue weighted by atomic mass is 32.2. The van der Waals surface area contributed by atoms with E-state index in [4.69, 9.17) is 0 Å². The molecule has 0 aromatic heterocycles. The van der Waals surface area contributed by atoms with Crippen LogP contribution in [0, 0.1) is 0 Å². The lowest BCUT2D eigenvalue weighted by Gasteiger charge is -2.33. The molecule has 0 aliphatic carbocycles. The van der Waals surface area contributed by atoms with Gasteiger partial charge in [-0.15, -0.1) is 0 Å². The maximum Gasteiger partial charge on any atom is 0.244 e. The molecule has 2 rings (SSSR count). The second-order valence-corrected chi connectivity index (χ2v) is 11.3. The van der Waals surface area contributed by atoms with Gasteiger partial charge >= 0.3 is 0 Å². The summed E-state index contributed by atoms with van der Waals surface area (Å²) in [6, 6.07) is 16.3. The molecule has 0 saturated carbocycles. The van der Waals surface area contributed by atoms with Gasteiger partial charge in [-0.3, -0.25) is 13.9 Å². The van der Waals surface area contributed by atoms with Crippen LogP contribution in [0.5, 0.6) is 0 Å². The van der Waals surface area contributed by atoms with E-state index < -0.39 is 22.0 Å². The van der Waals surface area contributed by atoms with Crippen molar-refractivity contribution in [3.8, 4) is 0 Å². The number of anilines is 1. The van der Waals surface area contributed by atoms with Crippen molar-refractivity contribution < 1.29 is 18.0 Å². The zero-order valence-electron chi connectivity index (χ0n) is 22.2. The first-order valence-electron chi connectivity index (χ1n) is 12.8. The summed E-state index contributed by atoms with van der Waals surface area (Å²) >= 11 is 0. The number of carbonyl (C=O) groups is 2. The Balaban J connectivity index is 2.33. The van der Waals surface area contributed by atoms with Crippen LogP contribution in [0.2, 0.25) is 0 Å². The highest BCUT2D eigenvalue weighted by Gasteiger charge is 2.31. The molecule has 0 aliphatic rings. The largest absolute Gasteiger partial charge is 0.354 e. The Morgan fingerprint density at radius 2 is 1.61 bits per heavy atom. The second kappa shape index (κ2) is 14.0. The average molecular weight is 516 g/mol. The van der Waals surface area contributed by atoms with Crippen LogP contribution in [-0.2, 0) is 26.0 Å². The predicted molar refractivity (Wildman–Crippen MR) is 147 cm³/mol. The topological polar surface area (TPSA) is 86.8 Å². The Kier molecular flexibility index (Phi) is 11.4. The minimum Gasteiger partial charge on any atom is -0.354 e. The summed E-state index contributed by atoms with van der Waals surface area (Å²) < 4.78 is 26.5. The van der Waals surface area contributed by atoms with Gasteiger partial charge in [0, 0.05) is 13.1 Å². The third-order valence-corrected chi connectivity index (χ3v) is 7.37. The summed E-state index contributed by atoms with van der Waals surface area (Å²) in [6.45, 7) is 8.53. The normalized spacial score (nSPS) is 12.3. The second-order valence-electron chi connectivity index (χ2n) is 9.41. The van der Waals surface area contributed by atoms with Crippen molar-refractivity contribution in [2.45, 2.75) is 65.3 Å². The van der Waals surface area contributed by atoms with E-state index >= 15 is 0 Å². The van der Waals surface area contributed by atoms with Gasteiger partial charge in [-0.05, 0) is 48.4 Å². The van der Waals surface area contributed by atoms with Gasteiger partial charge in [0.2, 0.25) is 21.8 Å². The van der Waals surface area contributed by atoms with Gasteiger partial charge in [0.25, 0.3) is 0 Å². The Morgan fingerprint density at radius 3 is 2.14 bits per heavy atom. The number of unbranched alkanes of at least 4 members (excludes halogenated alkanes) is 1. The van der Waals surface area contributed by atoms with Gasteiger partial charge < -0.3 is 10.2 Å². The number of hydrogen-bond acceptors (Lipinski definition) is 4. The quantitative estimate of drug-likeness (QED) is 0.379. The lowest BCUT2D eigenvalue weighted by molar-refractivity contribution is -0.139. The Bertz CT molecular complexity index is 1070. The molecular formula is C28H41N3O4S. The number of carbonyl (C=O) groups excluding carboxylic acids is 2. The molecule has 36 heavy (non-hydrogen) atoms. The van der Waals surface area contributed by atoms with Crippen molar-refractivity contribution in [2.24, 2.45) is 0 Å². The van der Waals surface area contributed by atoms with Crippen molar-refractivity contribution in [3.05, 3.63) is 65.7 Å². The third-order valence-electron chi connectivity index (χ3n) is 6.23. The Morgan fingerprint density at radius 1 is 0.972 bits per heavy atom. The third kappa shape index (κ3) is 8.66. The Labute approximate surface area is 216 Å². The molecule has 0 fully saturated rings. The number of nitrogens with zero attached hydrogens (tertiary/aromatic N) is 2. The first kappa shape index (κ1) is 29.4. The zero-order valence-corrected chi connectivity index (χ0v) is 23.1. The van der Waals surface area contributed by atoms with E-state index in [0.717, 1.165) is 34.5 Å². The fraction of sp³-hybridized carbons (Fsp3) is 0.500. The summed E-state index contributed by atoms with van der Waals surface area (Å²) in [4.78, 5) is 28.2. The molecule has 0 spiro atoms. The Hall–Kier alpha value is -2.87. The maximum absolute atomic E-state index is 13.6. The number of rotatable bonds is 14. The van der Waals surface area contributed by atoms with Crippen LogP contribution in [0.25, 0.3) is 0 Å². The van der Waals surface area contributed by atoms with Crippen molar-refractivity contribution in [1.82, 2.24) is 10.2 Å². The van der Waals surface area contributed by atoms with Crippen LogP contribution in [0.1, 0.15) is 64.0 Å². The zero-order chi connectivity index (χ0) is 26.7. The summed E-state index contributed by atoms with van der Waals surface area (Å²) in [5.41, 5.74) is 2.55.